The second-order valence-electron chi connectivity index (χ2n) is 7.70. The van der Waals surface area contributed by atoms with Crippen LogP contribution in [-0.2, 0) is 14.3 Å². The van der Waals surface area contributed by atoms with Crippen molar-refractivity contribution in [1.29, 1.82) is 0 Å². The Balaban J connectivity index is 2.10. The number of alkyl halides is 11. The van der Waals surface area contributed by atoms with E-state index in [-0.39, 0.29) is 12.3 Å². The van der Waals surface area contributed by atoms with Crippen molar-refractivity contribution in [3.05, 3.63) is 0 Å². The number of rotatable bonds is 2. The molecule has 5 atom stereocenters. The van der Waals surface area contributed by atoms with Crippen molar-refractivity contribution < 1.29 is 67.7 Å². The van der Waals surface area contributed by atoms with E-state index in [2.05, 4.69) is 9.47 Å². The summed E-state index contributed by atoms with van der Waals surface area (Å²) in [6, 6.07) is 0. The molecule has 30 heavy (non-hydrogen) atoms. The van der Waals surface area contributed by atoms with E-state index in [1.807, 2.05) is 0 Å². The van der Waals surface area contributed by atoms with Crippen molar-refractivity contribution in [2.75, 3.05) is 0 Å². The van der Waals surface area contributed by atoms with Gasteiger partial charge >= 0.3 is 41.8 Å². The average molecular weight is 466 g/mol. The number of carbonyl (C=O) groups excluding carboxylic acids is 1. The molecule has 2 aliphatic carbocycles. The lowest BCUT2D eigenvalue weighted by Gasteiger charge is -2.37. The van der Waals surface area contributed by atoms with Gasteiger partial charge in [0.15, 0.2) is 0 Å². The van der Waals surface area contributed by atoms with E-state index in [1.165, 1.54) is 0 Å². The second-order valence-corrected chi connectivity index (χ2v) is 7.70. The number of fused-ring (bicyclic) bond motifs is 2. The van der Waals surface area contributed by atoms with Crippen LogP contribution in [0.15, 0.2) is 0 Å². The van der Waals surface area contributed by atoms with Crippen LogP contribution in [0.4, 0.5) is 48.3 Å². The summed E-state index contributed by atoms with van der Waals surface area (Å²) in [6.07, 6.45) is -24.4. The monoisotopic (exact) mass is 466 g/mol. The van der Waals surface area contributed by atoms with Gasteiger partial charge in [-0.05, 0) is 31.1 Å². The van der Waals surface area contributed by atoms with Gasteiger partial charge in [0.2, 0.25) is 6.10 Å². The molecule has 1 saturated heterocycles. The minimum Gasteiger partial charge on any atom is -0.452 e. The van der Waals surface area contributed by atoms with Crippen LogP contribution in [0.25, 0.3) is 0 Å². The lowest BCUT2D eigenvalue weighted by atomic mass is 9.87. The Kier molecular flexibility index (Phi) is 4.91. The van der Waals surface area contributed by atoms with Gasteiger partial charge in [0, 0.05) is 0 Å². The van der Waals surface area contributed by atoms with Gasteiger partial charge < -0.3 is 14.6 Å². The quantitative estimate of drug-likeness (QED) is 0.492. The zero-order valence-corrected chi connectivity index (χ0v) is 14.5. The summed E-state index contributed by atoms with van der Waals surface area (Å²) >= 11 is 0. The molecule has 3 fully saturated rings. The molecule has 2 saturated carbocycles. The fraction of sp³-hybridized carbons (Fsp3) is 0.933. The van der Waals surface area contributed by atoms with Gasteiger partial charge in [-0.2, -0.15) is 48.3 Å². The Morgan fingerprint density at radius 1 is 0.900 bits per heavy atom. The molecule has 15 heteroatoms. The highest BCUT2D eigenvalue weighted by Gasteiger charge is 2.95. The van der Waals surface area contributed by atoms with Crippen LogP contribution < -0.4 is 0 Å². The number of ether oxygens (including phenoxy) is 2. The van der Waals surface area contributed by atoms with Crippen molar-refractivity contribution in [2.45, 2.75) is 67.6 Å². The minimum atomic E-state index is -6.97. The van der Waals surface area contributed by atoms with E-state index < -0.39 is 59.7 Å². The molecule has 3 rings (SSSR count). The molecule has 1 heterocycles. The molecule has 0 radical (unpaired) electrons. The molecular formula is C15H13F11O4. The Labute approximate surface area is 160 Å². The van der Waals surface area contributed by atoms with E-state index in [9.17, 15) is 58.2 Å². The van der Waals surface area contributed by atoms with Crippen molar-refractivity contribution in [3.8, 4) is 0 Å². The first-order valence-corrected chi connectivity index (χ1v) is 8.50. The summed E-state index contributed by atoms with van der Waals surface area (Å²) < 4.78 is 154. The average Bonchev–Trinajstić information content (AvgIpc) is 3.20. The molecule has 0 spiro atoms. The predicted octanol–water partition coefficient (Wildman–Crippen LogP) is 4.11. The zero-order chi connectivity index (χ0) is 23.1. The molecule has 1 N–H and O–H groups in total. The summed E-state index contributed by atoms with van der Waals surface area (Å²) in [5.74, 6) is -16.5. The third-order valence-corrected chi connectivity index (χ3v) is 5.96. The Morgan fingerprint density at radius 2 is 1.43 bits per heavy atom. The van der Waals surface area contributed by atoms with Gasteiger partial charge in [-0.1, -0.05) is 6.42 Å². The van der Waals surface area contributed by atoms with E-state index in [1.54, 1.807) is 0 Å². The lowest BCUT2D eigenvalue weighted by molar-refractivity contribution is -0.457. The van der Waals surface area contributed by atoms with E-state index in [0.29, 0.717) is 19.3 Å². The molecule has 1 aliphatic heterocycles. The van der Waals surface area contributed by atoms with Crippen LogP contribution in [0, 0.1) is 17.8 Å². The van der Waals surface area contributed by atoms with Crippen molar-refractivity contribution in [3.63, 3.8) is 0 Å². The Morgan fingerprint density at radius 3 is 1.80 bits per heavy atom. The van der Waals surface area contributed by atoms with E-state index in [4.69, 9.17) is 0 Å². The maximum Gasteiger partial charge on any atom is 0.449 e. The summed E-state index contributed by atoms with van der Waals surface area (Å²) in [5, 5.41) is 9.18. The number of carbonyl (C=O) groups is 1. The first kappa shape index (κ1) is 23.3. The molecule has 174 valence electrons. The third-order valence-electron chi connectivity index (χ3n) is 5.96. The Hall–Kier alpha value is -1.38. The van der Waals surface area contributed by atoms with Crippen molar-refractivity contribution in [1.82, 2.24) is 0 Å². The van der Waals surface area contributed by atoms with Gasteiger partial charge in [-0.15, -0.1) is 0 Å². The van der Waals surface area contributed by atoms with E-state index >= 15 is 0 Å². The topological polar surface area (TPSA) is 55.8 Å². The number of aliphatic hydroxyl groups is 1. The number of esters is 1. The molecule has 3 aliphatic rings. The fourth-order valence-corrected chi connectivity index (χ4v) is 4.50. The number of hydrogen-bond acceptors (Lipinski definition) is 4. The number of halogens is 11. The summed E-state index contributed by atoms with van der Waals surface area (Å²) in [4.78, 5) is 12.2. The summed E-state index contributed by atoms with van der Waals surface area (Å²) in [7, 11) is 0. The van der Waals surface area contributed by atoms with Gasteiger partial charge in [0.25, 0.3) is 0 Å². The van der Waals surface area contributed by atoms with Crippen LogP contribution >= 0.6 is 0 Å². The lowest BCUT2D eigenvalue weighted by Crippen LogP contribution is -2.66. The third kappa shape index (κ3) is 2.90. The molecular weight excluding hydrogens is 453 g/mol. The zero-order valence-electron chi connectivity index (χ0n) is 14.5. The first-order valence-electron chi connectivity index (χ1n) is 8.50. The molecule has 0 aromatic rings. The van der Waals surface area contributed by atoms with Crippen LogP contribution in [0.1, 0.15) is 25.7 Å². The highest BCUT2D eigenvalue weighted by Crippen LogP contribution is 2.64. The highest BCUT2D eigenvalue weighted by atomic mass is 19.4. The SMILES string of the molecule is O=C(OC1C(F)(F)C(O)(C(F)(F)F)OC1(C(F)(F)F)C(F)(F)F)C1CC2CCC1C2. The number of hydrogen-bond donors (Lipinski definition) is 1. The second kappa shape index (κ2) is 6.33. The van der Waals surface area contributed by atoms with Crippen LogP contribution in [-0.4, -0.2) is 53.0 Å². The normalized spacial score (nSPS) is 38.1. The highest BCUT2D eigenvalue weighted by molar-refractivity contribution is 5.74. The first-order chi connectivity index (χ1) is 13.3. The van der Waals surface area contributed by atoms with Crippen LogP contribution in [0.5, 0.6) is 0 Å². The van der Waals surface area contributed by atoms with Gasteiger partial charge in [0.1, 0.15) is 0 Å². The molecule has 0 aromatic heterocycles. The van der Waals surface area contributed by atoms with Crippen molar-refractivity contribution >= 4 is 5.97 Å². The minimum absolute atomic E-state index is 0.0722. The van der Waals surface area contributed by atoms with E-state index in [0.717, 1.165) is 0 Å². The predicted molar refractivity (Wildman–Crippen MR) is 70.7 cm³/mol. The van der Waals surface area contributed by atoms with Gasteiger partial charge in [0.05, 0.1) is 5.92 Å². The smallest absolute Gasteiger partial charge is 0.449 e. The summed E-state index contributed by atoms with van der Waals surface area (Å²) in [5.41, 5.74) is -6.32. The maximum absolute atomic E-state index is 14.4. The molecule has 2 bridgehead atoms. The summed E-state index contributed by atoms with van der Waals surface area (Å²) in [6.45, 7) is 0. The molecule has 4 nitrogen and oxygen atoms in total. The maximum atomic E-state index is 14.4. The van der Waals surface area contributed by atoms with Gasteiger partial charge in [-0.3, -0.25) is 4.79 Å². The van der Waals surface area contributed by atoms with Gasteiger partial charge in [-0.25, -0.2) is 0 Å². The fourth-order valence-electron chi connectivity index (χ4n) is 4.50. The molecule has 0 amide bonds. The standard InChI is InChI=1S/C15H13F11O4/c16-11(17)9(29-8(27)7-4-5-1-2-6(7)3-5)10(13(18,19)20,14(21,22)23)30-12(11,28)15(24,25)26/h5-7,9,28H,1-4H2. The molecule has 0 aromatic carbocycles. The van der Waals surface area contributed by atoms with Crippen molar-refractivity contribution in [2.24, 2.45) is 17.8 Å². The largest absolute Gasteiger partial charge is 0.452 e. The Bertz CT molecular complexity index is 699. The van der Waals surface area contributed by atoms with Crippen LogP contribution in [0.3, 0.4) is 0 Å². The van der Waals surface area contributed by atoms with Crippen LogP contribution in [0.2, 0.25) is 0 Å². The molecule has 5 unspecified atom stereocenters.